The van der Waals surface area contributed by atoms with Crippen molar-refractivity contribution in [2.75, 3.05) is 5.32 Å². The highest BCUT2D eigenvalue weighted by Crippen LogP contribution is 2.72. The molecule has 2 aromatic rings. The van der Waals surface area contributed by atoms with Crippen LogP contribution in [0.2, 0.25) is 0 Å². The molecule has 1 spiro atoms. The van der Waals surface area contributed by atoms with E-state index in [-0.39, 0.29) is 51.9 Å². The summed E-state index contributed by atoms with van der Waals surface area (Å²) >= 11 is 0. The van der Waals surface area contributed by atoms with Crippen LogP contribution >= 0.6 is 0 Å². The van der Waals surface area contributed by atoms with Crippen LogP contribution in [0.1, 0.15) is 67.6 Å². The van der Waals surface area contributed by atoms with Gasteiger partial charge in [-0.3, -0.25) is 9.48 Å². The van der Waals surface area contributed by atoms with Gasteiger partial charge in [0, 0.05) is 30.5 Å². The number of aromatic nitrogens is 2. The molecule has 4 bridgehead atoms. The van der Waals surface area contributed by atoms with Crippen LogP contribution in [0.15, 0.2) is 18.3 Å². The molecule has 3 aliphatic carbocycles. The zero-order valence-electron chi connectivity index (χ0n) is 20.2. The first kappa shape index (κ1) is 22.4. The molecule has 2 aliphatic heterocycles. The van der Waals surface area contributed by atoms with Crippen molar-refractivity contribution >= 4 is 17.6 Å². The van der Waals surface area contributed by atoms with Crippen molar-refractivity contribution < 1.29 is 29.6 Å². The first-order chi connectivity index (χ1) is 16.5. The summed E-state index contributed by atoms with van der Waals surface area (Å²) in [6, 6.07) is 2.25. The minimum atomic E-state index is -1.35. The predicted molar refractivity (Wildman–Crippen MR) is 125 cm³/mol. The molecule has 3 heterocycles. The van der Waals surface area contributed by atoms with Crippen molar-refractivity contribution in [2.45, 2.75) is 69.5 Å². The lowest BCUT2D eigenvalue weighted by Crippen LogP contribution is -2.58. The van der Waals surface area contributed by atoms with Crippen molar-refractivity contribution in [1.82, 2.24) is 9.78 Å². The van der Waals surface area contributed by atoms with Gasteiger partial charge in [0.25, 0.3) is 0 Å². The van der Waals surface area contributed by atoms with Gasteiger partial charge in [-0.05, 0) is 68.1 Å². The number of phenols is 2. The highest BCUT2D eigenvalue weighted by atomic mass is 16.5. The van der Waals surface area contributed by atoms with E-state index in [4.69, 9.17) is 4.74 Å². The van der Waals surface area contributed by atoms with Gasteiger partial charge < -0.3 is 25.4 Å². The lowest BCUT2D eigenvalue weighted by atomic mass is 9.49. The molecule has 4 fully saturated rings. The van der Waals surface area contributed by atoms with E-state index in [9.17, 15) is 24.9 Å². The number of benzene rings is 1. The fourth-order valence-electron chi connectivity index (χ4n) is 8.53. The number of carboxylic acid groups (broad SMARTS) is 1. The fraction of sp³-hybridized carbons (Fsp3) is 0.577. The number of nitrogens with one attached hydrogen (secondary N) is 1. The summed E-state index contributed by atoms with van der Waals surface area (Å²) in [5.41, 5.74) is 1.49. The number of hydrogen-bond donors (Lipinski definition) is 4. The summed E-state index contributed by atoms with van der Waals surface area (Å²) in [4.78, 5) is 24.4. The minimum absolute atomic E-state index is 0.0522. The van der Waals surface area contributed by atoms with Crippen molar-refractivity contribution in [3.63, 3.8) is 0 Å². The lowest BCUT2D eigenvalue weighted by molar-refractivity contribution is -0.160. The average molecular weight is 482 g/mol. The molecule has 0 unspecified atom stereocenters. The highest BCUT2D eigenvalue weighted by Gasteiger charge is 2.72. The van der Waals surface area contributed by atoms with Gasteiger partial charge in [0.1, 0.15) is 17.0 Å². The summed E-state index contributed by atoms with van der Waals surface area (Å²) < 4.78 is 8.58. The third-order valence-electron chi connectivity index (χ3n) is 9.50. The van der Waals surface area contributed by atoms with Gasteiger partial charge >= 0.3 is 5.97 Å². The second-order valence-electron chi connectivity index (χ2n) is 11.6. The first-order valence-corrected chi connectivity index (χ1v) is 12.2. The van der Waals surface area contributed by atoms with Crippen LogP contribution in [-0.2, 0) is 28.4 Å². The molecule has 2 saturated carbocycles. The molecule has 0 radical (unpaired) electrons. The van der Waals surface area contributed by atoms with E-state index in [0.717, 1.165) is 43.5 Å². The largest absolute Gasteiger partial charge is 0.506 e. The SMILES string of the molecule is Cn1ncc2c1[C@@](C)(CCC(=O)Nc1c(O)ccc(C(=O)O)c1O)[C@@H]1[C@@H]3C[C@@H]4C[C@@]1(C2)C[C@]4(C)O3. The van der Waals surface area contributed by atoms with E-state index in [1.807, 2.05) is 17.9 Å². The quantitative estimate of drug-likeness (QED) is 0.481. The molecule has 5 aliphatic rings. The smallest absolute Gasteiger partial charge is 0.339 e. The lowest BCUT2D eigenvalue weighted by Gasteiger charge is -2.58. The van der Waals surface area contributed by atoms with Crippen molar-refractivity contribution in [1.29, 1.82) is 0 Å². The Kier molecular flexibility index (Phi) is 4.48. The van der Waals surface area contributed by atoms with E-state index in [2.05, 4.69) is 24.3 Å². The standard InChI is InChI=1S/C26H31N3O6/c1-24(7-6-18(31)28-19-16(30)5-4-15(20(19)32)23(33)34)21-17-8-14-10-26(21,12-25(14,2)35-17)9-13-11-27-29(3)22(13)24/h4-5,11,14,17,21,30,32H,6-10,12H2,1-3H3,(H,28,31)(H,33,34)/t14-,17+,21+,24+,25+,26+/m1/s1. The van der Waals surface area contributed by atoms with E-state index in [1.54, 1.807) is 0 Å². The Morgan fingerprint density at radius 2 is 2.06 bits per heavy atom. The Morgan fingerprint density at radius 3 is 2.77 bits per heavy atom. The number of aryl methyl sites for hydroxylation is 1. The monoisotopic (exact) mass is 481 g/mol. The van der Waals surface area contributed by atoms with Gasteiger partial charge in [-0.15, -0.1) is 0 Å². The number of carbonyl (C=O) groups is 2. The molecule has 186 valence electrons. The third kappa shape index (κ3) is 2.93. The van der Waals surface area contributed by atoms with Crippen molar-refractivity contribution in [3.8, 4) is 11.5 Å². The molecule has 9 nitrogen and oxygen atoms in total. The Balaban J connectivity index is 1.30. The summed E-state index contributed by atoms with van der Waals surface area (Å²) in [5, 5.41) is 36.8. The second kappa shape index (κ2) is 7.00. The van der Waals surface area contributed by atoms with Crippen LogP contribution in [-0.4, -0.2) is 48.7 Å². The molecule has 9 heteroatoms. The molecular weight excluding hydrogens is 450 g/mol. The normalized spacial score (nSPS) is 36.1. The van der Waals surface area contributed by atoms with Crippen LogP contribution in [0.25, 0.3) is 0 Å². The Bertz CT molecular complexity index is 1270. The van der Waals surface area contributed by atoms with Crippen LogP contribution in [0.3, 0.4) is 0 Å². The number of carbonyl (C=O) groups excluding carboxylic acids is 1. The zero-order chi connectivity index (χ0) is 24.9. The van der Waals surface area contributed by atoms with Gasteiger partial charge in [0.2, 0.25) is 5.91 Å². The molecular formula is C26H31N3O6. The molecule has 1 amide bonds. The van der Waals surface area contributed by atoms with E-state index in [0.29, 0.717) is 12.3 Å². The van der Waals surface area contributed by atoms with Gasteiger partial charge in [-0.2, -0.15) is 5.10 Å². The van der Waals surface area contributed by atoms with E-state index < -0.39 is 17.6 Å². The van der Waals surface area contributed by atoms with Crippen LogP contribution in [0, 0.1) is 17.3 Å². The fourth-order valence-corrected chi connectivity index (χ4v) is 8.53. The predicted octanol–water partition coefficient (Wildman–Crippen LogP) is 3.34. The topological polar surface area (TPSA) is 134 Å². The number of fused-ring (bicyclic) bond motifs is 1. The maximum Gasteiger partial charge on any atom is 0.339 e. The number of carboxylic acids is 1. The maximum atomic E-state index is 13.0. The van der Waals surface area contributed by atoms with Gasteiger partial charge in [0.15, 0.2) is 5.75 Å². The maximum absolute atomic E-state index is 13.0. The molecule has 6 atom stereocenters. The summed E-state index contributed by atoms with van der Waals surface area (Å²) in [5.74, 6) is -1.93. The molecule has 1 aromatic carbocycles. The first-order valence-electron chi connectivity index (χ1n) is 12.2. The Hall–Kier alpha value is -3.07. The number of aromatic hydroxyl groups is 2. The molecule has 7 rings (SSSR count). The molecule has 2 saturated heterocycles. The molecule has 35 heavy (non-hydrogen) atoms. The second-order valence-corrected chi connectivity index (χ2v) is 11.6. The number of aromatic carboxylic acids is 1. The third-order valence-corrected chi connectivity index (χ3v) is 9.50. The van der Waals surface area contributed by atoms with Crippen molar-refractivity contribution in [2.24, 2.45) is 24.3 Å². The van der Waals surface area contributed by atoms with Gasteiger partial charge in [-0.25, -0.2) is 4.79 Å². The van der Waals surface area contributed by atoms with Crippen LogP contribution in [0.4, 0.5) is 5.69 Å². The minimum Gasteiger partial charge on any atom is -0.506 e. The Morgan fingerprint density at radius 1 is 1.29 bits per heavy atom. The van der Waals surface area contributed by atoms with E-state index >= 15 is 0 Å². The number of ether oxygens (including phenoxy) is 1. The summed E-state index contributed by atoms with van der Waals surface area (Å²) in [6.07, 6.45) is 7.04. The summed E-state index contributed by atoms with van der Waals surface area (Å²) in [7, 11) is 1.95. The molecule has 4 N–H and O–H groups in total. The number of phenolic OH excluding ortho intramolecular Hbond substituents is 1. The average Bonchev–Trinajstić information content (AvgIpc) is 3.32. The number of amides is 1. The molecule has 1 aromatic heterocycles. The highest BCUT2D eigenvalue weighted by molar-refractivity contribution is 5.99. The zero-order valence-corrected chi connectivity index (χ0v) is 20.2. The van der Waals surface area contributed by atoms with E-state index in [1.165, 1.54) is 5.56 Å². The number of hydrogen-bond acceptors (Lipinski definition) is 6. The number of rotatable bonds is 5. The van der Waals surface area contributed by atoms with Crippen LogP contribution in [0.5, 0.6) is 11.5 Å². The number of nitrogens with zero attached hydrogens (tertiary/aromatic N) is 2. The Labute approximate surface area is 203 Å². The number of anilines is 1. The summed E-state index contributed by atoms with van der Waals surface area (Å²) in [6.45, 7) is 4.49. The van der Waals surface area contributed by atoms with Gasteiger partial charge in [0.05, 0.1) is 17.9 Å². The van der Waals surface area contributed by atoms with Crippen molar-refractivity contribution in [3.05, 3.63) is 35.2 Å². The van der Waals surface area contributed by atoms with Crippen LogP contribution < -0.4 is 5.32 Å². The van der Waals surface area contributed by atoms with Gasteiger partial charge in [-0.1, -0.05) is 6.92 Å².